The van der Waals surface area contributed by atoms with Crippen molar-refractivity contribution in [3.8, 4) is 0 Å². The molecule has 1 fully saturated rings. The number of nitrogens with one attached hydrogen (secondary N) is 1. The number of aryl methyl sites for hydroxylation is 1. The summed E-state index contributed by atoms with van der Waals surface area (Å²) in [5.74, 6) is -0.307. The predicted molar refractivity (Wildman–Crippen MR) is 98.4 cm³/mol. The molecule has 0 spiro atoms. The summed E-state index contributed by atoms with van der Waals surface area (Å²) in [7, 11) is -3.55. The Bertz CT molecular complexity index is 857. The Morgan fingerprint density at radius 2 is 1.92 bits per heavy atom. The van der Waals surface area contributed by atoms with Crippen molar-refractivity contribution >= 4 is 44.0 Å². The normalized spacial score (nSPS) is 16.7. The highest BCUT2D eigenvalue weighted by Crippen LogP contribution is 2.26. The van der Waals surface area contributed by atoms with Gasteiger partial charge in [0.1, 0.15) is 0 Å². The van der Waals surface area contributed by atoms with Crippen molar-refractivity contribution in [1.82, 2.24) is 9.29 Å². The molecule has 1 amide bonds. The first kappa shape index (κ1) is 18.3. The van der Waals surface area contributed by atoms with Gasteiger partial charge >= 0.3 is 0 Å². The second-order valence-corrected chi connectivity index (χ2v) is 9.15. The molecular weight excluding hydrogens is 382 g/mol. The summed E-state index contributed by atoms with van der Waals surface area (Å²) in [5, 5.41) is 5.76. The minimum atomic E-state index is -3.55. The molecule has 0 aliphatic carbocycles. The number of carbonyl (C=O) groups is 1. The Labute approximate surface area is 155 Å². The molecule has 0 saturated carbocycles. The predicted octanol–water partition coefficient (Wildman–Crippen LogP) is 3.14. The number of sulfonamides is 1. The number of hydrogen-bond donors (Lipinski definition) is 1. The quantitative estimate of drug-likeness (QED) is 0.856. The molecule has 1 aliphatic heterocycles. The first-order valence-corrected chi connectivity index (χ1v) is 10.5. The van der Waals surface area contributed by atoms with Crippen LogP contribution in [0.4, 0.5) is 5.13 Å². The molecule has 1 N–H and O–H groups in total. The third-order valence-corrected chi connectivity index (χ3v) is 7.17. The van der Waals surface area contributed by atoms with Gasteiger partial charge < -0.3 is 5.32 Å². The molecule has 1 aromatic carbocycles. The van der Waals surface area contributed by atoms with Crippen molar-refractivity contribution in [2.45, 2.75) is 24.7 Å². The van der Waals surface area contributed by atoms with Gasteiger partial charge in [0.25, 0.3) is 0 Å². The SMILES string of the molecule is Cc1csc(NC(=O)C2CCN(S(=O)(=O)c3ccc(Cl)cc3)CC2)n1. The maximum absolute atomic E-state index is 12.6. The molecule has 2 aromatic rings. The number of hydrogen-bond acceptors (Lipinski definition) is 5. The van der Waals surface area contributed by atoms with E-state index in [4.69, 9.17) is 11.6 Å². The van der Waals surface area contributed by atoms with Crippen LogP contribution in [-0.2, 0) is 14.8 Å². The molecule has 1 aliphatic rings. The minimum absolute atomic E-state index is 0.0992. The van der Waals surface area contributed by atoms with Crippen molar-refractivity contribution in [2.75, 3.05) is 18.4 Å². The molecule has 0 bridgehead atoms. The number of halogens is 1. The fourth-order valence-corrected chi connectivity index (χ4v) is 5.02. The van der Waals surface area contributed by atoms with Gasteiger partial charge in [-0.2, -0.15) is 4.31 Å². The third kappa shape index (κ3) is 4.20. The molecule has 0 atom stereocenters. The van der Waals surface area contributed by atoms with Crippen molar-refractivity contribution in [3.05, 3.63) is 40.4 Å². The Morgan fingerprint density at radius 1 is 1.28 bits per heavy atom. The van der Waals surface area contributed by atoms with E-state index in [1.165, 1.54) is 27.8 Å². The van der Waals surface area contributed by atoms with Crippen LogP contribution >= 0.6 is 22.9 Å². The Balaban J connectivity index is 1.61. The number of carbonyl (C=O) groups excluding carboxylic acids is 1. The lowest BCUT2D eigenvalue weighted by molar-refractivity contribution is -0.120. The molecule has 1 aromatic heterocycles. The molecule has 3 rings (SSSR count). The van der Waals surface area contributed by atoms with E-state index in [0.29, 0.717) is 36.1 Å². The molecule has 6 nitrogen and oxygen atoms in total. The van der Waals surface area contributed by atoms with E-state index < -0.39 is 10.0 Å². The lowest BCUT2D eigenvalue weighted by Crippen LogP contribution is -2.41. The Kier molecular flexibility index (Phi) is 5.43. The molecule has 0 unspecified atom stereocenters. The summed E-state index contributed by atoms with van der Waals surface area (Å²) in [6.45, 7) is 2.51. The van der Waals surface area contributed by atoms with Crippen LogP contribution in [0.25, 0.3) is 0 Å². The number of thiazole rings is 1. The summed E-state index contributed by atoms with van der Waals surface area (Å²) in [5.41, 5.74) is 0.865. The summed E-state index contributed by atoms with van der Waals surface area (Å²) in [6.07, 6.45) is 0.978. The van der Waals surface area contributed by atoms with Crippen LogP contribution in [0.15, 0.2) is 34.5 Å². The van der Waals surface area contributed by atoms with Gasteiger partial charge in [0, 0.05) is 29.4 Å². The van der Waals surface area contributed by atoms with E-state index in [0.717, 1.165) is 5.69 Å². The highest BCUT2D eigenvalue weighted by molar-refractivity contribution is 7.89. The zero-order valence-electron chi connectivity index (χ0n) is 13.6. The van der Waals surface area contributed by atoms with Crippen molar-refractivity contribution in [3.63, 3.8) is 0 Å². The van der Waals surface area contributed by atoms with Crippen molar-refractivity contribution in [1.29, 1.82) is 0 Å². The zero-order valence-corrected chi connectivity index (χ0v) is 16.0. The third-order valence-electron chi connectivity index (χ3n) is 4.13. The van der Waals surface area contributed by atoms with E-state index in [-0.39, 0.29) is 16.7 Å². The number of nitrogens with zero attached hydrogens (tertiary/aromatic N) is 2. The summed E-state index contributed by atoms with van der Waals surface area (Å²) < 4.78 is 26.7. The van der Waals surface area contributed by atoms with Gasteiger partial charge in [-0.15, -0.1) is 11.3 Å². The fourth-order valence-electron chi connectivity index (χ4n) is 2.73. The maximum atomic E-state index is 12.6. The van der Waals surface area contributed by atoms with Gasteiger partial charge in [-0.05, 0) is 44.0 Å². The van der Waals surface area contributed by atoms with Crippen LogP contribution in [-0.4, -0.2) is 36.7 Å². The lowest BCUT2D eigenvalue weighted by Gasteiger charge is -2.30. The molecule has 2 heterocycles. The van der Waals surface area contributed by atoms with Crippen molar-refractivity contribution < 1.29 is 13.2 Å². The molecule has 1 saturated heterocycles. The van der Waals surface area contributed by atoms with Crippen LogP contribution in [0.1, 0.15) is 18.5 Å². The van der Waals surface area contributed by atoms with Crippen LogP contribution in [0.3, 0.4) is 0 Å². The molecule has 9 heteroatoms. The average Bonchev–Trinajstić information content (AvgIpc) is 3.00. The molecule has 25 heavy (non-hydrogen) atoms. The van der Waals surface area contributed by atoms with Gasteiger partial charge in [0.2, 0.25) is 15.9 Å². The second kappa shape index (κ2) is 7.41. The van der Waals surface area contributed by atoms with Gasteiger partial charge in [-0.1, -0.05) is 11.6 Å². The van der Waals surface area contributed by atoms with Gasteiger partial charge in [-0.25, -0.2) is 13.4 Å². The van der Waals surface area contributed by atoms with E-state index in [9.17, 15) is 13.2 Å². The topological polar surface area (TPSA) is 79.4 Å². The molecule has 0 radical (unpaired) electrons. The largest absolute Gasteiger partial charge is 0.302 e. The standard InChI is InChI=1S/C16H18ClN3O3S2/c1-11-10-24-16(18-11)19-15(21)12-6-8-20(9-7-12)25(22,23)14-4-2-13(17)3-5-14/h2-5,10,12H,6-9H2,1H3,(H,18,19,21). The fraction of sp³-hybridized carbons (Fsp3) is 0.375. The van der Waals surface area contributed by atoms with E-state index >= 15 is 0 Å². The monoisotopic (exact) mass is 399 g/mol. The number of piperidine rings is 1. The highest BCUT2D eigenvalue weighted by Gasteiger charge is 2.32. The van der Waals surface area contributed by atoms with Gasteiger partial charge in [0.15, 0.2) is 5.13 Å². The molecular formula is C16H18ClN3O3S2. The number of rotatable bonds is 4. The average molecular weight is 400 g/mol. The lowest BCUT2D eigenvalue weighted by atomic mass is 9.97. The highest BCUT2D eigenvalue weighted by atomic mass is 35.5. The zero-order chi connectivity index (χ0) is 18.0. The van der Waals surface area contributed by atoms with E-state index in [1.54, 1.807) is 12.1 Å². The van der Waals surface area contributed by atoms with Crippen LogP contribution < -0.4 is 5.32 Å². The van der Waals surface area contributed by atoms with Gasteiger partial charge in [0.05, 0.1) is 10.6 Å². The van der Waals surface area contributed by atoms with Gasteiger partial charge in [-0.3, -0.25) is 4.79 Å². The summed E-state index contributed by atoms with van der Waals surface area (Å²) in [6, 6.07) is 6.12. The number of anilines is 1. The number of aromatic nitrogens is 1. The number of benzene rings is 1. The summed E-state index contributed by atoms with van der Waals surface area (Å²) >= 11 is 7.20. The Morgan fingerprint density at radius 3 is 2.48 bits per heavy atom. The van der Waals surface area contributed by atoms with Crippen LogP contribution in [0.5, 0.6) is 0 Å². The second-order valence-electron chi connectivity index (χ2n) is 5.92. The smallest absolute Gasteiger partial charge is 0.243 e. The maximum Gasteiger partial charge on any atom is 0.243 e. The minimum Gasteiger partial charge on any atom is -0.302 e. The van der Waals surface area contributed by atoms with Crippen LogP contribution in [0.2, 0.25) is 5.02 Å². The number of amides is 1. The first-order chi connectivity index (χ1) is 11.9. The van der Waals surface area contributed by atoms with Crippen LogP contribution in [0, 0.1) is 12.8 Å². The first-order valence-electron chi connectivity index (χ1n) is 7.85. The van der Waals surface area contributed by atoms with E-state index in [1.807, 2.05) is 12.3 Å². The van der Waals surface area contributed by atoms with E-state index in [2.05, 4.69) is 10.3 Å². The summed E-state index contributed by atoms with van der Waals surface area (Å²) in [4.78, 5) is 16.7. The van der Waals surface area contributed by atoms with Crippen molar-refractivity contribution in [2.24, 2.45) is 5.92 Å². The molecule has 134 valence electrons. The Hall–Kier alpha value is -1.48.